The molecule has 1 heterocycles. The zero-order valence-corrected chi connectivity index (χ0v) is 9.92. The van der Waals surface area contributed by atoms with E-state index in [1.54, 1.807) is 18.2 Å². The highest BCUT2D eigenvalue weighted by Gasteiger charge is 2.11. The molecule has 0 aliphatic heterocycles. The van der Waals surface area contributed by atoms with E-state index in [-0.39, 0.29) is 10.6 Å². The molecule has 0 spiro atoms. The summed E-state index contributed by atoms with van der Waals surface area (Å²) >= 11 is 0. The molecule has 6 nitrogen and oxygen atoms in total. The molecule has 0 bridgehead atoms. The van der Waals surface area contributed by atoms with E-state index >= 15 is 0 Å². The van der Waals surface area contributed by atoms with Gasteiger partial charge < -0.3 is 9.84 Å². The number of aromatic nitrogens is 1. The van der Waals surface area contributed by atoms with Crippen molar-refractivity contribution in [2.24, 2.45) is 0 Å². The summed E-state index contributed by atoms with van der Waals surface area (Å²) in [5, 5.41) is 17.7. The molecule has 0 aliphatic carbocycles. The fourth-order valence-corrected chi connectivity index (χ4v) is 1.66. The van der Waals surface area contributed by atoms with Crippen molar-refractivity contribution in [3.63, 3.8) is 0 Å². The highest BCUT2D eigenvalue weighted by atomic mass is 16.6. The lowest BCUT2D eigenvalue weighted by Crippen LogP contribution is -2.13. The van der Waals surface area contributed by atoms with Gasteiger partial charge in [0.15, 0.2) is 5.76 Å². The molecule has 6 heteroatoms. The van der Waals surface area contributed by atoms with Crippen molar-refractivity contribution in [1.82, 2.24) is 10.5 Å². The van der Waals surface area contributed by atoms with E-state index in [0.29, 0.717) is 24.4 Å². The third kappa shape index (κ3) is 2.92. The molecule has 0 radical (unpaired) electrons. The molecule has 0 amide bonds. The summed E-state index contributed by atoms with van der Waals surface area (Å²) in [6, 6.07) is 8.49. The number of nitro groups is 1. The molecular weight excluding hydrogens is 234 g/mol. The van der Waals surface area contributed by atoms with Gasteiger partial charge in [-0.05, 0) is 6.92 Å². The zero-order chi connectivity index (χ0) is 13.0. The lowest BCUT2D eigenvalue weighted by molar-refractivity contribution is -0.385. The van der Waals surface area contributed by atoms with Gasteiger partial charge in [-0.2, -0.15) is 0 Å². The lowest BCUT2D eigenvalue weighted by atomic mass is 10.2. The first kappa shape index (κ1) is 12.3. The van der Waals surface area contributed by atoms with Crippen LogP contribution in [0.3, 0.4) is 0 Å². The Morgan fingerprint density at radius 1 is 1.39 bits per heavy atom. The molecule has 2 rings (SSSR count). The van der Waals surface area contributed by atoms with Crippen LogP contribution in [0.4, 0.5) is 5.69 Å². The van der Waals surface area contributed by atoms with E-state index in [0.717, 1.165) is 5.69 Å². The van der Waals surface area contributed by atoms with Crippen LogP contribution in [0.25, 0.3) is 0 Å². The number of nitrogens with one attached hydrogen (secondary N) is 1. The molecule has 0 saturated carbocycles. The predicted octanol–water partition coefficient (Wildman–Crippen LogP) is 2.18. The third-order valence-corrected chi connectivity index (χ3v) is 2.48. The third-order valence-electron chi connectivity index (χ3n) is 2.48. The number of benzene rings is 1. The monoisotopic (exact) mass is 247 g/mol. The van der Waals surface area contributed by atoms with Gasteiger partial charge in [0.05, 0.1) is 17.2 Å². The van der Waals surface area contributed by atoms with Crippen molar-refractivity contribution in [2.75, 3.05) is 0 Å². The van der Waals surface area contributed by atoms with Crippen LogP contribution in [0.2, 0.25) is 0 Å². The van der Waals surface area contributed by atoms with E-state index in [2.05, 4.69) is 10.5 Å². The molecular formula is C12H13N3O3. The maximum Gasteiger partial charge on any atom is 0.273 e. The van der Waals surface area contributed by atoms with Crippen LogP contribution in [0.5, 0.6) is 0 Å². The van der Waals surface area contributed by atoms with Crippen LogP contribution in [0, 0.1) is 17.0 Å². The van der Waals surface area contributed by atoms with E-state index in [9.17, 15) is 10.1 Å². The predicted molar refractivity (Wildman–Crippen MR) is 64.9 cm³/mol. The van der Waals surface area contributed by atoms with E-state index < -0.39 is 0 Å². The second-order valence-electron chi connectivity index (χ2n) is 3.92. The molecule has 0 saturated heterocycles. The minimum atomic E-state index is -0.379. The maximum absolute atomic E-state index is 10.8. The smallest absolute Gasteiger partial charge is 0.273 e. The Morgan fingerprint density at radius 2 is 2.17 bits per heavy atom. The lowest BCUT2D eigenvalue weighted by Gasteiger charge is -2.03. The fraction of sp³-hybridized carbons (Fsp3) is 0.250. The molecule has 1 N–H and O–H groups in total. The average Bonchev–Trinajstić information content (AvgIpc) is 2.75. The van der Waals surface area contributed by atoms with Crippen LogP contribution >= 0.6 is 0 Å². The first-order valence-corrected chi connectivity index (χ1v) is 5.52. The summed E-state index contributed by atoms with van der Waals surface area (Å²) in [5.74, 6) is 0.714. The highest BCUT2D eigenvalue weighted by molar-refractivity contribution is 5.39. The minimum Gasteiger partial charge on any atom is -0.360 e. The SMILES string of the molecule is Cc1cc(CNCc2ccccc2[N+](=O)[O-])on1. The number of para-hydroxylation sites is 1. The van der Waals surface area contributed by atoms with Crippen molar-refractivity contribution in [3.8, 4) is 0 Å². The van der Waals surface area contributed by atoms with Crippen molar-refractivity contribution in [3.05, 3.63) is 57.5 Å². The van der Waals surface area contributed by atoms with Crippen molar-refractivity contribution in [1.29, 1.82) is 0 Å². The van der Waals surface area contributed by atoms with Crippen molar-refractivity contribution in [2.45, 2.75) is 20.0 Å². The summed E-state index contributed by atoms with van der Waals surface area (Å²) < 4.78 is 5.03. The summed E-state index contributed by atoms with van der Waals surface area (Å²) in [6.07, 6.45) is 0. The molecule has 0 atom stereocenters. The van der Waals surface area contributed by atoms with Crippen LogP contribution in [0.1, 0.15) is 17.0 Å². The number of hydrogen-bond acceptors (Lipinski definition) is 5. The number of aryl methyl sites for hydroxylation is 1. The summed E-state index contributed by atoms with van der Waals surface area (Å²) in [4.78, 5) is 10.4. The Balaban J connectivity index is 1.96. The highest BCUT2D eigenvalue weighted by Crippen LogP contribution is 2.17. The molecule has 0 aliphatic rings. The quantitative estimate of drug-likeness (QED) is 0.647. The van der Waals surface area contributed by atoms with Crippen LogP contribution in [-0.4, -0.2) is 10.1 Å². The van der Waals surface area contributed by atoms with Gasteiger partial charge in [-0.25, -0.2) is 0 Å². The molecule has 2 aromatic rings. The van der Waals surface area contributed by atoms with Crippen molar-refractivity contribution >= 4 is 5.69 Å². The largest absolute Gasteiger partial charge is 0.360 e. The summed E-state index contributed by atoms with van der Waals surface area (Å²) in [7, 11) is 0. The normalized spacial score (nSPS) is 10.5. The molecule has 0 unspecified atom stereocenters. The van der Waals surface area contributed by atoms with Gasteiger partial charge in [0.25, 0.3) is 5.69 Å². The van der Waals surface area contributed by atoms with Gasteiger partial charge in [0, 0.05) is 24.2 Å². The minimum absolute atomic E-state index is 0.124. The van der Waals surface area contributed by atoms with Crippen molar-refractivity contribution < 1.29 is 9.45 Å². The van der Waals surface area contributed by atoms with Gasteiger partial charge in [-0.1, -0.05) is 23.4 Å². The molecule has 1 aromatic heterocycles. The van der Waals surface area contributed by atoms with Crippen LogP contribution in [0.15, 0.2) is 34.9 Å². The molecule has 0 fully saturated rings. The molecule has 1 aromatic carbocycles. The van der Waals surface area contributed by atoms with Crippen LogP contribution < -0.4 is 5.32 Å². The first-order valence-electron chi connectivity index (χ1n) is 5.52. The Morgan fingerprint density at radius 3 is 2.83 bits per heavy atom. The van der Waals surface area contributed by atoms with Gasteiger partial charge >= 0.3 is 0 Å². The topological polar surface area (TPSA) is 81.2 Å². The number of hydrogen-bond donors (Lipinski definition) is 1. The Kier molecular flexibility index (Phi) is 3.69. The maximum atomic E-state index is 10.8. The summed E-state index contributed by atoms with van der Waals surface area (Å²) in [6.45, 7) is 2.75. The Labute approximate surface area is 104 Å². The number of nitro benzene ring substituents is 1. The fourth-order valence-electron chi connectivity index (χ4n) is 1.66. The Hall–Kier alpha value is -2.21. The average molecular weight is 247 g/mol. The number of rotatable bonds is 5. The first-order chi connectivity index (χ1) is 8.66. The van der Waals surface area contributed by atoms with Crippen LogP contribution in [-0.2, 0) is 13.1 Å². The molecule has 18 heavy (non-hydrogen) atoms. The summed E-state index contributed by atoms with van der Waals surface area (Å²) in [5.41, 5.74) is 1.59. The zero-order valence-electron chi connectivity index (χ0n) is 9.92. The second kappa shape index (κ2) is 5.42. The van der Waals surface area contributed by atoms with Gasteiger partial charge in [0.2, 0.25) is 0 Å². The Bertz CT molecular complexity index is 551. The van der Waals surface area contributed by atoms with E-state index in [4.69, 9.17) is 4.52 Å². The molecule has 94 valence electrons. The standard InChI is InChI=1S/C12H13N3O3/c1-9-6-11(18-14-9)8-13-7-10-4-2-3-5-12(10)15(16)17/h2-6,13H,7-8H2,1H3. The van der Waals surface area contributed by atoms with Gasteiger partial charge in [0.1, 0.15) is 0 Å². The van der Waals surface area contributed by atoms with E-state index in [1.165, 1.54) is 6.07 Å². The van der Waals surface area contributed by atoms with E-state index in [1.807, 2.05) is 13.0 Å². The van der Waals surface area contributed by atoms with Gasteiger partial charge in [-0.15, -0.1) is 0 Å². The van der Waals surface area contributed by atoms with Gasteiger partial charge in [-0.3, -0.25) is 10.1 Å². The number of nitrogens with zero attached hydrogens (tertiary/aromatic N) is 2. The second-order valence-corrected chi connectivity index (χ2v) is 3.92.